The van der Waals surface area contributed by atoms with Crippen molar-refractivity contribution in [2.24, 2.45) is 5.73 Å². The van der Waals surface area contributed by atoms with Crippen LogP contribution in [0, 0.1) is 12.7 Å². The van der Waals surface area contributed by atoms with Gasteiger partial charge < -0.3 is 15.5 Å². The predicted molar refractivity (Wildman–Crippen MR) is 177 cm³/mol. The van der Waals surface area contributed by atoms with Gasteiger partial charge in [0.25, 0.3) is 0 Å². The minimum Gasteiger partial charge on any atom is -0.370 e. The minimum atomic E-state index is -0.226. The van der Waals surface area contributed by atoms with Gasteiger partial charge in [-0.25, -0.2) is 4.39 Å². The van der Waals surface area contributed by atoms with Crippen LogP contribution in [0.15, 0.2) is 73.0 Å². The highest BCUT2D eigenvalue weighted by molar-refractivity contribution is 6.01. The minimum absolute atomic E-state index is 0.179. The fourth-order valence-electron chi connectivity index (χ4n) is 5.70. The van der Waals surface area contributed by atoms with Gasteiger partial charge in [0.05, 0.1) is 17.2 Å². The van der Waals surface area contributed by atoms with Gasteiger partial charge in [0.15, 0.2) is 0 Å². The summed E-state index contributed by atoms with van der Waals surface area (Å²) in [6.45, 7) is 21.2. The maximum atomic E-state index is 14.5. The number of fused-ring (bicyclic) bond motifs is 1. The summed E-state index contributed by atoms with van der Waals surface area (Å²) >= 11 is 0. The van der Waals surface area contributed by atoms with E-state index in [2.05, 4.69) is 66.7 Å². The van der Waals surface area contributed by atoms with Gasteiger partial charge in [-0.3, -0.25) is 4.98 Å². The molecule has 41 heavy (non-hydrogen) atoms. The first kappa shape index (κ1) is 32.1. The molecule has 5 heteroatoms. The van der Waals surface area contributed by atoms with Crippen molar-refractivity contribution >= 4 is 22.3 Å². The third kappa shape index (κ3) is 7.26. The van der Waals surface area contributed by atoms with Crippen molar-refractivity contribution < 1.29 is 4.39 Å². The van der Waals surface area contributed by atoms with Gasteiger partial charge in [0, 0.05) is 48.5 Å². The molecule has 0 radical (unpaired) electrons. The van der Waals surface area contributed by atoms with Gasteiger partial charge in [-0.2, -0.15) is 0 Å². The number of hydrogen-bond donors (Lipinski definition) is 1. The van der Waals surface area contributed by atoms with Crippen molar-refractivity contribution in [1.29, 1.82) is 0 Å². The molecule has 5 rings (SSSR count). The zero-order valence-electron chi connectivity index (χ0n) is 26.2. The van der Waals surface area contributed by atoms with Crippen LogP contribution in [0.3, 0.4) is 0 Å². The second-order valence-electron chi connectivity index (χ2n) is 10.5. The van der Waals surface area contributed by atoms with E-state index in [9.17, 15) is 4.39 Å². The molecular weight excluding hydrogens is 507 g/mol. The first-order valence-electron chi connectivity index (χ1n) is 15.4. The summed E-state index contributed by atoms with van der Waals surface area (Å²) in [5.74, 6) is -0.226. The fourth-order valence-corrected chi connectivity index (χ4v) is 5.70. The molecule has 2 aliphatic rings. The van der Waals surface area contributed by atoms with Crippen molar-refractivity contribution in [3.05, 3.63) is 89.9 Å². The van der Waals surface area contributed by atoms with Gasteiger partial charge in [0.2, 0.25) is 0 Å². The Bertz CT molecular complexity index is 1360. The van der Waals surface area contributed by atoms with Crippen LogP contribution in [0.1, 0.15) is 71.9 Å². The van der Waals surface area contributed by atoms with Gasteiger partial charge in [-0.15, -0.1) is 0 Å². The Morgan fingerprint density at radius 3 is 2.39 bits per heavy atom. The molecule has 0 saturated carbocycles. The number of piperidine rings is 1. The Labute approximate surface area is 247 Å². The van der Waals surface area contributed by atoms with Crippen LogP contribution >= 0.6 is 0 Å². The average molecular weight is 557 g/mol. The van der Waals surface area contributed by atoms with Crippen LogP contribution in [0.25, 0.3) is 27.7 Å². The number of nitrogens with two attached hydrogens (primary N) is 1. The van der Waals surface area contributed by atoms with E-state index in [4.69, 9.17) is 10.7 Å². The summed E-state index contributed by atoms with van der Waals surface area (Å²) in [6, 6.07) is 12.2. The first-order chi connectivity index (χ1) is 19.9. The van der Waals surface area contributed by atoms with E-state index >= 15 is 0 Å². The lowest BCUT2D eigenvalue weighted by Crippen LogP contribution is -2.40. The molecule has 1 aromatic heterocycles. The van der Waals surface area contributed by atoms with Crippen LogP contribution in [-0.2, 0) is 0 Å². The van der Waals surface area contributed by atoms with Crippen LogP contribution in [0.4, 0.5) is 10.1 Å². The second-order valence-corrected chi connectivity index (χ2v) is 10.5. The average Bonchev–Trinajstić information content (AvgIpc) is 2.98. The summed E-state index contributed by atoms with van der Waals surface area (Å²) in [5.41, 5.74) is 14.5. The molecule has 2 N–H and O–H groups in total. The van der Waals surface area contributed by atoms with E-state index < -0.39 is 0 Å². The highest BCUT2D eigenvalue weighted by Gasteiger charge is 2.25. The van der Waals surface area contributed by atoms with Gasteiger partial charge in [-0.1, -0.05) is 71.1 Å². The summed E-state index contributed by atoms with van der Waals surface area (Å²) in [7, 11) is 0. The largest absolute Gasteiger partial charge is 0.370 e. The quantitative estimate of drug-likeness (QED) is 0.308. The number of halogens is 1. The zero-order chi connectivity index (χ0) is 30.1. The number of pyridine rings is 1. The lowest BCUT2D eigenvalue weighted by Gasteiger charge is -2.37. The molecular formula is C36H49FN4. The normalized spacial score (nSPS) is 16.9. The molecule has 1 unspecified atom stereocenters. The Hall–Kier alpha value is -3.44. The number of aryl methyl sites for hydroxylation is 1. The summed E-state index contributed by atoms with van der Waals surface area (Å²) in [5, 5.41) is 1.09. The number of allylic oxidation sites excluding steroid dienone is 2. The van der Waals surface area contributed by atoms with E-state index in [1.165, 1.54) is 5.70 Å². The Morgan fingerprint density at radius 1 is 1.05 bits per heavy atom. The van der Waals surface area contributed by atoms with E-state index in [0.717, 1.165) is 83.3 Å². The maximum absolute atomic E-state index is 14.5. The molecule has 0 aliphatic carbocycles. The van der Waals surface area contributed by atoms with Crippen molar-refractivity contribution in [1.82, 2.24) is 9.88 Å². The third-order valence-electron chi connectivity index (χ3n) is 7.51. The van der Waals surface area contributed by atoms with Crippen LogP contribution in [-0.4, -0.2) is 41.6 Å². The van der Waals surface area contributed by atoms with Crippen molar-refractivity contribution in [2.45, 2.75) is 79.8 Å². The van der Waals surface area contributed by atoms with E-state index in [1.807, 2.05) is 46.9 Å². The van der Waals surface area contributed by atoms with Crippen molar-refractivity contribution in [3.63, 3.8) is 0 Å². The summed E-state index contributed by atoms with van der Waals surface area (Å²) in [6.07, 6.45) is 11.4. The summed E-state index contributed by atoms with van der Waals surface area (Å²) in [4.78, 5) is 9.70. The fraction of sp³-hybridized carbons (Fsp3) is 0.417. The summed E-state index contributed by atoms with van der Waals surface area (Å²) < 4.78 is 14.5. The van der Waals surface area contributed by atoms with Gasteiger partial charge in [-0.05, 0) is 80.1 Å². The molecule has 1 saturated heterocycles. The molecule has 2 aliphatic heterocycles. The maximum Gasteiger partial charge on any atom is 0.124 e. The van der Waals surface area contributed by atoms with Gasteiger partial charge in [0.1, 0.15) is 5.82 Å². The molecule has 220 valence electrons. The van der Waals surface area contributed by atoms with Crippen LogP contribution < -0.4 is 10.6 Å². The Balaban J connectivity index is 0.00000111. The lowest BCUT2D eigenvalue weighted by atomic mass is 9.95. The number of anilines is 1. The van der Waals surface area contributed by atoms with Crippen LogP contribution in [0.5, 0.6) is 0 Å². The second kappa shape index (κ2) is 15.0. The lowest BCUT2D eigenvalue weighted by molar-refractivity contribution is 0.366. The topological polar surface area (TPSA) is 45.4 Å². The number of hydrogen-bond acceptors (Lipinski definition) is 4. The molecule has 0 bridgehead atoms. The van der Waals surface area contributed by atoms with E-state index in [0.29, 0.717) is 0 Å². The van der Waals surface area contributed by atoms with E-state index in [1.54, 1.807) is 12.1 Å². The zero-order valence-corrected chi connectivity index (χ0v) is 26.2. The van der Waals surface area contributed by atoms with Crippen molar-refractivity contribution in [2.75, 3.05) is 24.5 Å². The number of nitrogens with zero attached hydrogens (tertiary/aromatic N) is 3. The number of rotatable bonds is 6. The molecule has 2 aromatic carbocycles. The standard InChI is InChI=1S/C32H37FN4.2C2H6/c1-5-13-37-30(21(2)3)7-6-8-31(37)23-9-10-29-27(19-23)32(36-14-11-26(34)12-15-36)28(20-35-29)24-16-22(4)17-25(33)18-24;2*1-2/h6-10,16-20,26,30H,2,5,11-15,34H2,1,3-4H3;2*1-2H3. The number of benzene rings is 2. The third-order valence-corrected chi connectivity index (χ3v) is 7.51. The van der Waals surface area contributed by atoms with Crippen LogP contribution in [0.2, 0.25) is 0 Å². The highest BCUT2D eigenvalue weighted by Crippen LogP contribution is 2.40. The van der Waals surface area contributed by atoms with Gasteiger partial charge >= 0.3 is 0 Å². The Kier molecular flexibility index (Phi) is 11.7. The SMILES string of the molecule is C=C(C)C1C=CC=C(c2ccc3ncc(-c4cc(C)cc(F)c4)c(N4CCC(N)CC4)c3c2)N1CCC.CC.CC. The molecule has 3 aromatic rings. The van der Waals surface area contributed by atoms with E-state index in [-0.39, 0.29) is 17.9 Å². The molecule has 3 heterocycles. The Morgan fingerprint density at radius 2 is 1.76 bits per heavy atom. The highest BCUT2D eigenvalue weighted by atomic mass is 19.1. The molecule has 1 fully saturated rings. The molecule has 0 spiro atoms. The smallest absolute Gasteiger partial charge is 0.124 e. The van der Waals surface area contributed by atoms with Crippen molar-refractivity contribution in [3.8, 4) is 11.1 Å². The first-order valence-corrected chi connectivity index (χ1v) is 15.4. The molecule has 4 nitrogen and oxygen atoms in total. The molecule has 1 atom stereocenters. The molecule has 0 amide bonds. The number of aromatic nitrogens is 1. The predicted octanol–water partition coefficient (Wildman–Crippen LogP) is 8.90. The monoisotopic (exact) mass is 556 g/mol.